The molecule has 6 nitrogen and oxygen atoms in total. The van der Waals surface area contributed by atoms with E-state index in [1.54, 1.807) is 6.07 Å². The summed E-state index contributed by atoms with van der Waals surface area (Å²) in [6.07, 6.45) is -2.21. The number of aryl methyl sites for hydroxylation is 1. The average Bonchev–Trinajstić information content (AvgIpc) is 3.15. The summed E-state index contributed by atoms with van der Waals surface area (Å²) < 4.78 is 46.0. The van der Waals surface area contributed by atoms with Crippen LogP contribution in [0, 0.1) is 6.92 Å². The normalized spacial score (nSPS) is 17.5. The van der Waals surface area contributed by atoms with Gasteiger partial charge in [-0.3, -0.25) is 4.68 Å². The van der Waals surface area contributed by atoms with Crippen molar-refractivity contribution in [3.63, 3.8) is 0 Å². The molecule has 0 aliphatic carbocycles. The van der Waals surface area contributed by atoms with Gasteiger partial charge in [-0.15, -0.1) is 0 Å². The number of aromatic nitrogens is 2. The first-order valence-electron chi connectivity index (χ1n) is 9.19. The van der Waals surface area contributed by atoms with Crippen LogP contribution in [-0.2, 0) is 6.18 Å². The summed E-state index contributed by atoms with van der Waals surface area (Å²) in [6.45, 7) is 4.86. The molecule has 1 N–H and O–H groups in total. The van der Waals surface area contributed by atoms with Crippen molar-refractivity contribution < 1.29 is 22.7 Å². The second-order valence-corrected chi connectivity index (χ2v) is 6.76. The Labute approximate surface area is 161 Å². The highest BCUT2D eigenvalue weighted by atomic mass is 19.4. The fourth-order valence-corrected chi connectivity index (χ4v) is 3.37. The monoisotopic (exact) mass is 396 g/mol. The third-order valence-corrected chi connectivity index (χ3v) is 4.67. The molecule has 152 valence electrons. The topological polar surface area (TPSA) is 59.4 Å². The molecule has 1 fully saturated rings. The maximum Gasteiger partial charge on any atom is 0.433 e. The molecule has 0 bridgehead atoms. The number of piperidine rings is 1. The van der Waals surface area contributed by atoms with Gasteiger partial charge in [0.05, 0.1) is 18.3 Å². The van der Waals surface area contributed by atoms with Gasteiger partial charge in [0.25, 0.3) is 0 Å². The van der Waals surface area contributed by atoms with Crippen molar-refractivity contribution in [2.75, 3.05) is 25.0 Å². The van der Waals surface area contributed by atoms with Crippen LogP contribution in [0.25, 0.3) is 0 Å². The second kappa shape index (κ2) is 8.12. The van der Waals surface area contributed by atoms with Gasteiger partial charge < -0.3 is 15.0 Å². The molecule has 9 heteroatoms. The minimum Gasteiger partial charge on any atom is -0.492 e. The predicted octanol–water partition coefficient (Wildman–Crippen LogP) is 4.48. The lowest BCUT2D eigenvalue weighted by Crippen LogP contribution is -2.43. The standard InChI is InChI=1S/C19H23F3N4O2/c1-3-28-16-11-13(2)6-7-15(16)24-18(27)25-10-4-5-14(12-25)26-17(8-9-23-26)19(20,21)22/h6-9,11,14H,3-5,10,12H2,1-2H3,(H,24,27). The van der Waals surface area contributed by atoms with Gasteiger partial charge in [-0.25, -0.2) is 4.79 Å². The number of anilines is 1. The number of benzene rings is 1. The van der Waals surface area contributed by atoms with Crippen LogP contribution in [0.1, 0.15) is 37.1 Å². The number of rotatable bonds is 4. The lowest BCUT2D eigenvalue weighted by Gasteiger charge is -2.33. The zero-order chi connectivity index (χ0) is 20.3. The number of urea groups is 1. The van der Waals surface area contributed by atoms with Gasteiger partial charge in [0.1, 0.15) is 11.4 Å². The SMILES string of the molecule is CCOc1cc(C)ccc1NC(=O)N1CCCC(n2nccc2C(F)(F)F)C1. The third-order valence-electron chi connectivity index (χ3n) is 4.67. The number of hydrogen-bond donors (Lipinski definition) is 1. The molecule has 2 amide bonds. The largest absolute Gasteiger partial charge is 0.492 e. The van der Waals surface area contributed by atoms with Gasteiger partial charge in [0, 0.05) is 19.3 Å². The van der Waals surface area contributed by atoms with Crippen molar-refractivity contribution in [2.24, 2.45) is 0 Å². The average molecular weight is 396 g/mol. The van der Waals surface area contributed by atoms with Crippen LogP contribution in [0.4, 0.5) is 23.7 Å². The van der Waals surface area contributed by atoms with Crippen molar-refractivity contribution >= 4 is 11.7 Å². The summed E-state index contributed by atoms with van der Waals surface area (Å²) >= 11 is 0. The van der Waals surface area contributed by atoms with Crippen molar-refractivity contribution in [3.8, 4) is 5.75 Å². The molecule has 0 spiro atoms. The first-order valence-corrected chi connectivity index (χ1v) is 9.19. The zero-order valence-corrected chi connectivity index (χ0v) is 15.8. The van der Waals surface area contributed by atoms with Crippen molar-refractivity contribution in [1.82, 2.24) is 14.7 Å². The highest BCUT2D eigenvalue weighted by Crippen LogP contribution is 2.33. The minimum absolute atomic E-state index is 0.159. The van der Waals surface area contributed by atoms with Crippen molar-refractivity contribution in [3.05, 3.63) is 41.7 Å². The Morgan fingerprint density at radius 3 is 2.86 bits per heavy atom. The first-order chi connectivity index (χ1) is 13.3. The van der Waals surface area contributed by atoms with Gasteiger partial charge in [-0.2, -0.15) is 18.3 Å². The summed E-state index contributed by atoms with van der Waals surface area (Å²) in [7, 11) is 0. The summed E-state index contributed by atoms with van der Waals surface area (Å²) in [6, 6.07) is 5.52. The maximum absolute atomic E-state index is 13.2. The summed E-state index contributed by atoms with van der Waals surface area (Å²) in [5.74, 6) is 0.566. The smallest absolute Gasteiger partial charge is 0.433 e. The van der Waals surface area contributed by atoms with Gasteiger partial charge in [0.2, 0.25) is 0 Å². The third kappa shape index (κ3) is 4.40. The van der Waals surface area contributed by atoms with Gasteiger partial charge in [0.15, 0.2) is 0 Å². The number of nitrogens with one attached hydrogen (secondary N) is 1. The van der Waals surface area contributed by atoms with Crippen LogP contribution >= 0.6 is 0 Å². The molecule has 1 saturated heterocycles. The van der Waals surface area contributed by atoms with Crippen LogP contribution < -0.4 is 10.1 Å². The van der Waals surface area contributed by atoms with E-state index < -0.39 is 17.9 Å². The zero-order valence-electron chi connectivity index (χ0n) is 15.8. The summed E-state index contributed by atoms with van der Waals surface area (Å²) in [5.41, 5.74) is 0.740. The Bertz CT molecular complexity index is 835. The van der Waals surface area contributed by atoms with E-state index in [-0.39, 0.29) is 12.6 Å². The number of carbonyl (C=O) groups is 1. The lowest BCUT2D eigenvalue weighted by molar-refractivity contribution is -0.145. The first kappa shape index (κ1) is 20.0. The number of alkyl halides is 3. The highest BCUT2D eigenvalue weighted by Gasteiger charge is 2.37. The molecule has 1 aromatic heterocycles. The van der Waals surface area contributed by atoms with E-state index in [4.69, 9.17) is 4.74 Å². The Morgan fingerprint density at radius 2 is 2.14 bits per heavy atom. The predicted molar refractivity (Wildman–Crippen MR) is 98.4 cm³/mol. The number of hydrogen-bond acceptors (Lipinski definition) is 3. The number of nitrogens with zero attached hydrogens (tertiary/aromatic N) is 3. The Hall–Kier alpha value is -2.71. The van der Waals surface area contributed by atoms with Crippen LogP contribution in [0.2, 0.25) is 0 Å². The number of ether oxygens (including phenoxy) is 1. The van der Waals surface area contributed by atoms with E-state index in [2.05, 4.69) is 10.4 Å². The van der Waals surface area contributed by atoms with Crippen LogP contribution in [-0.4, -0.2) is 40.4 Å². The number of carbonyl (C=O) groups excluding carboxylic acids is 1. The van der Waals surface area contributed by atoms with E-state index in [0.29, 0.717) is 37.4 Å². The van der Waals surface area contributed by atoms with E-state index in [9.17, 15) is 18.0 Å². The van der Waals surface area contributed by atoms with Crippen molar-refractivity contribution in [1.29, 1.82) is 0 Å². The van der Waals surface area contributed by atoms with Crippen LogP contribution in [0.5, 0.6) is 5.75 Å². The molecule has 1 aliphatic heterocycles. The van der Waals surface area contributed by atoms with Gasteiger partial charge in [-0.05, 0) is 50.5 Å². The molecule has 0 radical (unpaired) electrons. The fraction of sp³-hybridized carbons (Fsp3) is 0.474. The highest BCUT2D eigenvalue weighted by molar-refractivity contribution is 5.91. The Balaban J connectivity index is 1.73. The molecular formula is C19H23F3N4O2. The van der Waals surface area contributed by atoms with E-state index in [0.717, 1.165) is 22.5 Å². The minimum atomic E-state index is -4.48. The quantitative estimate of drug-likeness (QED) is 0.829. The van der Waals surface area contributed by atoms with Gasteiger partial charge in [-0.1, -0.05) is 6.07 Å². The molecule has 1 atom stereocenters. The maximum atomic E-state index is 13.2. The molecule has 0 saturated carbocycles. The number of amides is 2. The molecular weight excluding hydrogens is 373 g/mol. The van der Waals surface area contributed by atoms with E-state index in [1.807, 2.05) is 26.0 Å². The van der Waals surface area contributed by atoms with E-state index in [1.165, 1.54) is 4.90 Å². The molecule has 2 heterocycles. The summed E-state index contributed by atoms with van der Waals surface area (Å²) in [4.78, 5) is 14.2. The van der Waals surface area contributed by atoms with Gasteiger partial charge >= 0.3 is 12.2 Å². The van der Waals surface area contributed by atoms with Crippen LogP contribution in [0.3, 0.4) is 0 Å². The molecule has 2 aromatic rings. The van der Waals surface area contributed by atoms with Crippen molar-refractivity contribution in [2.45, 2.75) is 38.9 Å². The Morgan fingerprint density at radius 1 is 1.36 bits per heavy atom. The molecule has 1 unspecified atom stereocenters. The van der Waals surface area contributed by atoms with E-state index >= 15 is 0 Å². The molecule has 3 rings (SSSR count). The molecule has 1 aromatic carbocycles. The van der Waals surface area contributed by atoms with Crippen LogP contribution in [0.15, 0.2) is 30.5 Å². The Kier molecular flexibility index (Phi) is 5.81. The summed E-state index contributed by atoms with van der Waals surface area (Å²) in [5, 5.41) is 6.66. The number of halogens is 3. The molecule has 28 heavy (non-hydrogen) atoms. The fourth-order valence-electron chi connectivity index (χ4n) is 3.37. The molecule has 1 aliphatic rings. The lowest BCUT2D eigenvalue weighted by atomic mass is 10.1. The number of likely N-dealkylation sites (tertiary alicyclic amines) is 1. The second-order valence-electron chi connectivity index (χ2n) is 6.76.